The van der Waals surface area contributed by atoms with Gasteiger partial charge in [0.25, 0.3) is 5.91 Å². The van der Waals surface area contributed by atoms with Crippen LogP contribution >= 0.6 is 46.1 Å². The van der Waals surface area contributed by atoms with Gasteiger partial charge in [0.15, 0.2) is 6.10 Å². The summed E-state index contributed by atoms with van der Waals surface area (Å²) in [4.78, 5) is 36.1. The van der Waals surface area contributed by atoms with E-state index in [2.05, 4.69) is 10.6 Å². The van der Waals surface area contributed by atoms with Crippen LogP contribution in [0.25, 0.3) is 10.1 Å². The molecule has 0 saturated carbocycles. The topological polar surface area (TPSA) is 84.5 Å². The molecule has 0 radical (unpaired) electrons. The minimum atomic E-state index is -1.08. The highest BCUT2D eigenvalue weighted by atomic mass is 35.5. The van der Waals surface area contributed by atoms with Gasteiger partial charge in [-0.2, -0.15) is 0 Å². The molecule has 2 aromatic carbocycles. The quantitative estimate of drug-likeness (QED) is 0.434. The Balaban J connectivity index is 1.69. The van der Waals surface area contributed by atoms with E-state index >= 15 is 0 Å². The van der Waals surface area contributed by atoms with Gasteiger partial charge >= 0.3 is 5.97 Å². The summed E-state index contributed by atoms with van der Waals surface area (Å²) in [6.07, 6.45) is -1.08. The summed E-state index contributed by atoms with van der Waals surface area (Å²) in [7, 11) is 0. The summed E-state index contributed by atoms with van der Waals surface area (Å²) in [5.41, 5.74) is 1.08. The average molecular weight is 486 g/mol. The summed E-state index contributed by atoms with van der Waals surface area (Å²) in [5, 5.41) is 6.68. The van der Waals surface area contributed by atoms with E-state index < -0.39 is 18.0 Å². The monoisotopic (exact) mass is 484 g/mol. The van der Waals surface area contributed by atoms with Crippen LogP contribution in [0.15, 0.2) is 36.4 Å². The zero-order valence-corrected chi connectivity index (χ0v) is 18.8. The summed E-state index contributed by atoms with van der Waals surface area (Å²) in [5.74, 6) is -1.46. The highest BCUT2D eigenvalue weighted by molar-refractivity contribution is 7.21. The van der Waals surface area contributed by atoms with E-state index in [0.717, 1.165) is 11.3 Å². The molecule has 1 atom stereocenters. The van der Waals surface area contributed by atoms with E-state index in [1.807, 2.05) is 0 Å². The molecule has 156 valence electrons. The molecule has 0 spiro atoms. The number of thiophene rings is 1. The summed E-state index contributed by atoms with van der Waals surface area (Å²) in [6.45, 7) is 2.85. The maximum absolute atomic E-state index is 12.6. The molecule has 0 bridgehead atoms. The van der Waals surface area contributed by atoms with E-state index in [1.54, 1.807) is 30.3 Å². The maximum Gasteiger partial charge on any atom is 0.350 e. The third-order valence-corrected chi connectivity index (χ3v) is 6.08. The van der Waals surface area contributed by atoms with Crippen LogP contribution in [0.2, 0.25) is 15.1 Å². The second-order valence-electron chi connectivity index (χ2n) is 6.30. The number of rotatable bonds is 5. The second-order valence-corrected chi connectivity index (χ2v) is 8.58. The van der Waals surface area contributed by atoms with Gasteiger partial charge < -0.3 is 15.4 Å². The fourth-order valence-electron chi connectivity index (χ4n) is 2.59. The Hall–Kier alpha value is -2.32. The van der Waals surface area contributed by atoms with Gasteiger partial charge in [0.05, 0.1) is 10.0 Å². The number of benzene rings is 2. The van der Waals surface area contributed by atoms with E-state index in [0.29, 0.717) is 31.5 Å². The fourth-order valence-corrected chi connectivity index (χ4v) is 4.85. The zero-order chi connectivity index (χ0) is 22.0. The Bertz CT molecular complexity index is 1150. The molecule has 0 aliphatic heterocycles. The van der Waals surface area contributed by atoms with Crippen LogP contribution < -0.4 is 10.6 Å². The SMILES string of the molecule is CC(=O)Nc1ccc(NC(=O)C(C)OC(=O)c2sc3cc(Cl)cc(Cl)c3c2Cl)cc1. The van der Waals surface area contributed by atoms with E-state index in [4.69, 9.17) is 39.5 Å². The Labute approximate surface area is 191 Å². The molecule has 1 heterocycles. The lowest BCUT2D eigenvalue weighted by atomic mass is 10.2. The van der Waals surface area contributed by atoms with Crippen LogP contribution in [-0.4, -0.2) is 23.9 Å². The number of carbonyl (C=O) groups is 3. The predicted octanol–water partition coefficient (Wildman–Crippen LogP) is 6.00. The van der Waals surface area contributed by atoms with E-state index in [9.17, 15) is 14.4 Å². The van der Waals surface area contributed by atoms with Gasteiger partial charge in [-0.25, -0.2) is 4.79 Å². The minimum absolute atomic E-state index is 0.134. The number of fused-ring (bicyclic) bond motifs is 1. The third kappa shape index (κ3) is 5.05. The lowest BCUT2D eigenvalue weighted by Gasteiger charge is -2.13. The summed E-state index contributed by atoms with van der Waals surface area (Å²) in [6, 6.07) is 9.70. The molecule has 0 fully saturated rings. The first kappa shape index (κ1) is 22.4. The van der Waals surface area contributed by atoms with Gasteiger partial charge in [-0.05, 0) is 43.3 Å². The molecule has 1 unspecified atom stereocenters. The largest absolute Gasteiger partial charge is 0.448 e. The van der Waals surface area contributed by atoms with Crippen LogP contribution in [0.3, 0.4) is 0 Å². The van der Waals surface area contributed by atoms with Crippen LogP contribution in [0.4, 0.5) is 11.4 Å². The first-order valence-electron chi connectivity index (χ1n) is 8.62. The van der Waals surface area contributed by atoms with Crippen molar-refractivity contribution < 1.29 is 19.1 Å². The van der Waals surface area contributed by atoms with Gasteiger partial charge in [0.1, 0.15) is 4.88 Å². The van der Waals surface area contributed by atoms with Crippen LogP contribution in [0.5, 0.6) is 0 Å². The number of amides is 2. The summed E-state index contributed by atoms with van der Waals surface area (Å²) >= 11 is 19.5. The Morgan fingerprint density at radius 3 is 2.20 bits per heavy atom. The molecule has 0 aliphatic carbocycles. The smallest absolute Gasteiger partial charge is 0.350 e. The van der Waals surface area contributed by atoms with Crippen LogP contribution in [0.1, 0.15) is 23.5 Å². The lowest BCUT2D eigenvalue weighted by molar-refractivity contribution is -0.123. The second kappa shape index (κ2) is 9.22. The molecule has 30 heavy (non-hydrogen) atoms. The van der Waals surface area contributed by atoms with Gasteiger partial charge in [0, 0.05) is 33.4 Å². The number of ether oxygens (including phenoxy) is 1. The molecule has 3 aromatic rings. The van der Waals surface area contributed by atoms with E-state index in [-0.39, 0.29) is 15.8 Å². The number of hydrogen-bond donors (Lipinski definition) is 2. The Morgan fingerprint density at radius 2 is 1.60 bits per heavy atom. The Kier molecular flexibility index (Phi) is 6.88. The highest BCUT2D eigenvalue weighted by Gasteiger charge is 2.25. The van der Waals surface area contributed by atoms with Gasteiger partial charge in [-0.1, -0.05) is 34.8 Å². The van der Waals surface area contributed by atoms with Crippen molar-refractivity contribution in [1.82, 2.24) is 0 Å². The standard InChI is InChI=1S/C20H15Cl3N2O4S/c1-9(19(27)25-13-5-3-12(4-6-13)24-10(2)26)29-20(28)18-17(23)16-14(22)7-11(21)8-15(16)30-18/h3-9H,1-2H3,(H,24,26)(H,25,27). The number of anilines is 2. The third-order valence-electron chi connectivity index (χ3n) is 3.96. The number of nitrogens with one attached hydrogen (secondary N) is 2. The molecule has 0 aliphatic rings. The molecule has 2 N–H and O–H groups in total. The van der Waals surface area contributed by atoms with Crippen LogP contribution in [0, 0.1) is 0 Å². The molecule has 1 aromatic heterocycles. The van der Waals surface area contributed by atoms with Gasteiger partial charge in [-0.15, -0.1) is 11.3 Å². The Morgan fingerprint density at radius 1 is 1.00 bits per heavy atom. The van der Waals surface area contributed by atoms with Crippen molar-refractivity contribution in [2.24, 2.45) is 0 Å². The molecular formula is C20H15Cl3N2O4S. The normalized spacial score (nSPS) is 11.8. The van der Waals surface area contributed by atoms with Crippen molar-refractivity contribution in [3.8, 4) is 0 Å². The zero-order valence-electron chi connectivity index (χ0n) is 15.7. The first-order chi connectivity index (χ1) is 14.2. The van der Waals surface area contributed by atoms with Crippen molar-refractivity contribution in [3.63, 3.8) is 0 Å². The van der Waals surface area contributed by atoms with Crippen molar-refractivity contribution >= 4 is 85.4 Å². The van der Waals surface area contributed by atoms with Gasteiger partial charge in [0.2, 0.25) is 5.91 Å². The van der Waals surface area contributed by atoms with Crippen molar-refractivity contribution in [2.45, 2.75) is 20.0 Å². The molecular weight excluding hydrogens is 471 g/mol. The molecule has 10 heteroatoms. The minimum Gasteiger partial charge on any atom is -0.448 e. The van der Waals surface area contributed by atoms with Crippen LogP contribution in [-0.2, 0) is 14.3 Å². The highest BCUT2D eigenvalue weighted by Crippen LogP contribution is 2.41. The number of esters is 1. The number of hydrogen-bond acceptors (Lipinski definition) is 5. The lowest BCUT2D eigenvalue weighted by Crippen LogP contribution is -2.29. The number of carbonyl (C=O) groups excluding carboxylic acids is 3. The first-order valence-corrected chi connectivity index (χ1v) is 10.6. The fraction of sp³-hybridized carbons (Fsp3) is 0.150. The average Bonchev–Trinajstić information content (AvgIpc) is 2.99. The van der Waals surface area contributed by atoms with E-state index in [1.165, 1.54) is 19.9 Å². The molecule has 3 rings (SSSR count). The van der Waals surface area contributed by atoms with Crippen molar-refractivity contribution in [1.29, 1.82) is 0 Å². The predicted molar refractivity (Wildman–Crippen MR) is 121 cm³/mol. The molecule has 0 saturated heterocycles. The number of halogens is 3. The maximum atomic E-state index is 12.6. The molecule has 2 amide bonds. The van der Waals surface area contributed by atoms with Gasteiger partial charge in [-0.3, -0.25) is 9.59 Å². The van der Waals surface area contributed by atoms with Crippen molar-refractivity contribution in [2.75, 3.05) is 10.6 Å². The van der Waals surface area contributed by atoms with Crippen molar-refractivity contribution in [3.05, 3.63) is 56.3 Å². The summed E-state index contributed by atoms with van der Waals surface area (Å²) < 4.78 is 5.91. The molecule has 6 nitrogen and oxygen atoms in total.